The van der Waals surface area contributed by atoms with Crippen molar-refractivity contribution >= 4 is 5.97 Å². The van der Waals surface area contributed by atoms with Crippen molar-refractivity contribution in [3.05, 3.63) is 17.3 Å². The van der Waals surface area contributed by atoms with E-state index in [0.29, 0.717) is 23.4 Å². The molecule has 1 aromatic rings. The van der Waals surface area contributed by atoms with Gasteiger partial charge in [-0.25, -0.2) is 9.78 Å². The average molecular weight is 223 g/mol. The predicted octanol–water partition coefficient (Wildman–Crippen LogP) is 2.97. The lowest BCUT2D eigenvalue weighted by Gasteiger charge is -2.24. The zero-order chi connectivity index (χ0) is 11.7. The van der Waals surface area contributed by atoms with Gasteiger partial charge >= 0.3 is 5.97 Å². The van der Waals surface area contributed by atoms with Crippen LogP contribution in [0.1, 0.15) is 60.7 Å². The molecule has 2 rings (SSSR count). The largest absolute Gasteiger partial charge is 0.475 e. The van der Waals surface area contributed by atoms with Crippen LogP contribution in [0.25, 0.3) is 0 Å². The molecular formula is C12H17NO3. The third kappa shape index (κ3) is 2.10. The summed E-state index contributed by atoms with van der Waals surface area (Å²) in [4.78, 5) is 15.1. The van der Waals surface area contributed by atoms with Crippen molar-refractivity contribution in [2.24, 2.45) is 5.92 Å². The third-order valence-corrected chi connectivity index (χ3v) is 3.29. The van der Waals surface area contributed by atoms with Crippen LogP contribution in [0, 0.1) is 12.8 Å². The Morgan fingerprint density at radius 2 is 2.25 bits per heavy atom. The molecule has 88 valence electrons. The Balaban J connectivity index is 2.20. The van der Waals surface area contributed by atoms with Crippen molar-refractivity contribution in [2.45, 2.75) is 45.4 Å². The number of oxazole rings is 1. The quantitative estimate of drug-likeness (QED) is 0.837. The smallest absolute Gasteiger partial charge is 0.373 e. The van der Waals surface area contributed by atoms with E-state index in [1.165, 1.54) is 12.8 Å². The number of rotatable bonds is 2. The van der Waals surface area contributed by atoms with Crippen molar-refractivity contribution < 1.29 is 14.3 Å². The number of hydrogen-bond donors (Lipinski definition) is 1. The minimum Gasteiger partial charge on any atom is -0.475 e. The monoisotopic (exact) mass is 223 g/mol. The Kier molecular flexibility index (Phi) is 2.99. The molecule has 2 atom stereocenters. The summed E-state index contributed by atoms with van der Waals surface area (Å²) in [5.74, 6) is 0.560. The molecule has 1 N–H and O–H groups in total. The van der Waals surface area contributed by atoms with Crippen molar-refractivity contribution in [1.29, 1.82) is 0 Å². The molecule has 0 radical (unpaired) electrons. The first-order chi connectivity index (χ1) is 7.58. The highest BCUT2D eigenvalue weighted by Crippen LogP contribution is 2.36. The minimum atomic E-state index is -1.03. The first kappa shape index (κ1) is 11.2. The van der Waals surface area contributed by atoms with E-state index in [0.717, 1.165) is 12.8 Å². The SMILES string of the molecule is Cc1nc([C@H]2CCC[C@@H](C)C2)oc1C(=O)O. The normalized spacial score (nSPS) is 25.6. The van der Waals surface area contributed by atoms with Crippen LogP contribution in [-0.2, 0) is 0 Å². The molecular weight excluding hydrogens is 206 g/mol. The number of aromatic carboxylic acids is 1. The molecule has 0 aliphatic heterocycles. The van der Waals surface area contributed by atoms with E-state index in [1.54, 1.807) is 6.92 Å². The molecule has 0 amide bonds. The first-order valence-corrected chi connectivity index (χ1v) is 5.78. The van der Waals surface area contributed by atoms with Gasteiger partial charge < -0.3 is 9.52 Å². The second-order valence-electron chi connectivity index (χ2n) is 4.74. The molecule has 4 heteroatoms. The molecule has 0 saturated heterocycles. The first-order valence-electron chi connectivity index (χ1n) is 5.78. The van der Waals surface area contributed by atoms with E-state index in [1.807, 2.05) is 0 Å². The van der Waals surface area contributed by atoms with Gasteiger partial charge in [-0.1, -0.05) is 19.8 Å². The van der Waals surface area contributed by atoms with E-state index >= 15 is 0 Å². The summed E-state index contributed by atoms with van der Waals surface area (Å²) >= 11 is 0. The maximum Gasteiger partial charge on any atom is 0.373 e. The minimum absolute atomic E-state index is 0.00627. The Morgan fingerprint density at radius 3 is 2.81 bits per heavy atom. The lowest BCUT2D eigenvalue weighted by atomic mass is 9.82. The fourth-order valence-electron chi connectivity index (χ4n) is 2.45. The molecule has 1 aromatic heterocycles. The molecule has 1 aliphatic rings. The Morgan fingerprint density at radius 1 is 1.50 bits per heavy atom. The predicted molar refractivity (Wildman–Crippen MR) is 58.6 cm³/mol. The van der Waals surface area contributed by atoms with Crippen LogP contribution in [-0.4, -0.2) is 16.1 Å². The molecule has 0 aromatic carbocycles. The van der Waals surface area contributed by atoms with Crippen LogP contribution < -0.4 is 0 Å². The van der Waals surface area contributed by atoms with Crippen LogP contribution in [0.3, 0.4) is 0 Å². The molecule has 1 fully saturated rings. The van der Waals surface area contributed by atoms with E-state index < -0.39 is 5.97 Å². The summed E-state index contributed by atoms with van der Waals surface area (Å²) in [6.45, 7) is 3.91. The van der Waals surface area contributed by atoms with Gasteiger partial charge in [0.2, 0.25) is 5.76 Å². The van der Waals surface area contributed by atoms with Gasteiger partial charge in [0.1, 0.15) is 0 Å². The second kappa shape index (κ2) is 4.28. The van der Waals surface area contributed by atoms with Gasteiger partial charge in [-0.05, 0) is 25.7 Å². The topological polar surface area (TPSA) is 63.3 Å². The van der Waals surface area contributed by atoms with Crippen molar-refractivity contribution in [3.8, 4) is 0 Å². The fraction of sp³-hybridized carbons (Fsp3) is 0.667. The molecule has 0 bridgehead atoms. The molecule has 1 heterocycles. The third-order valence-electron chi connectivity index (χ3n) is 3.29. The van der Waals surface area contributed by atoms with Crippen LogP contribution in [0.4, 0.5) is 0 Å². The lowest BCUT2D eigenvalue weighted by Crippen LogP contribution is -2.11. The number of nitrogens with zero attached hydrogens (tertiary/aromatic N) is 1. The van der Waals surface area contributed by atoms with Crippen LogP contribution in [0.2, 0.25) is 0 Å². The van der Waals surface area contributed by atoms with Crippen molar-refractivity contribution in [2.75, 3.05) is 0 Å². The van der Waals surface area contributed by atoms with E-state index in [-0.39, 0.29) is 5.76 Å². The lowest BCUT2D eigenvalue weighted by molar-refractivity contribution is 0.0657. The number of carbonyl (C=O) groups is 1. The summed E-state index contributed by atoms with van der Waals surface area (Å²) in [6.07, 6.45) is 4.54. The average Bonchev–Trinajstić information content (AvgIpc) is 2.60. The molecule has 16 heavy (non-hydrogen) atoms. The zero-order valence-corrected chi connectivity index (χ0v) is 9.69. The Bertz CT molecular complexity index is 397. The van der Waals surface area contributed by atoms with E-state index in [9.17, 15) is 4.79 Å². The summed E-state index contributed by atoms with van der Waals surface area (Å²) in [5.41, 5.74) is 0.487. The molecule has 0 spiro atoms. The summed E-state index contributed by atoms with van der Waals surface area (Å²) in [5, 5.41) is 8.90. The second-order valence-corrected chi connectivity index (χ2v) is 4.74. The maximum absolute atomic E-state index is 10.8. The number of carboxylic acid groups (broad SMARTS) is 1. The highest BCUT2D eigenvalue weighted by atomic mass is 16.4. The highest BCUT2D eigenvalue weighted by Gasteiger charge is 2.26. The molecule has 1 aliphatic carbocycles. The van der Waals surface area contributed by atoms with Crippen LogP contribution in [0.5, 0.6) is 0 Å². The standard InChI is InChI=1S/C12H17NO3/c1-7-4-3-5-9(6-7)11-13-8(2)10(16-11)12(14)15/h7,9H,3-6H2,1-2H3,(H,14,15)/t7-,9+/m1/s1. The van der Waals surface area contributed by atoms with Gasteiger partial charge in [0, 0.05) is 5.92 Å². The zero-order valence-electron chi connectivity index (χ0n) is 9.69. The Labute approximate surface area is 94.7 Å². The molecule has 0 unspecified atom stereocenters. The molecule has 1 saturated carbocycles. The van der Waals surface area contributed by atoms with Crippen molar-refractivity contribution in [1.82, 2.24) is 4.98 Å². The molecule has 4 nitrogen and oxygen atoms in total. The number of aryl methyl sites for hydroxylation is 1. The van der Waals surface area contributed by atoms with Gasteiger partial charge in [0.15, 0.2) is 5.89 Å². The van der Waals surface area contributed by atoms with Gasteiger partial charge in [0.25, 0.3) is 0 Å². The summed E-state index contributed by atoms with van der Waals surface area (Å²) < 4.78 is 5.35. The van der Waals surface area contributed by atoms with Gasteiger partial charge in [-0.15, -0.1) is 0 Å². The summed E-state index contributed by atoms with van der Waals surface area (Å²) in [7, 11) is 0. The van der Waals surface area contributed by atoms with Gasteiger partial charge in [0.05, 0.1) is 5.69 Å². The van der Waals surface area contributed by atoms with Crippen LogP contribution >= 0.6 is 0 Å². The van der Waals surface area contributed by atoms with Gasteiger partial charge in [-0.3, -0.25) is 0 Å². The number of hydrogen-bond acceptors (Lipinski definition) is 3. The maximum atomic E-state index is 10.8. The number of aromatic nitrogens is 1. The van der Waals surface area contributed by atoms with Gasteiger partial charge in [-0.2, -0.15) is 0 Å². The Hall–Kier alpha value is -1.32. The summed E-state index contributed by atoms with van der Waals surface area (Å²) in [6, 6.07) is 0. The number of carboxylic acids is 1. The van der Waals surface area contributed by atoms with Crippen molar-refractivity contribution in [3.63, 3.8) is 0 Å². The fourth-order valence-corrected chi connectivity index (χ4v) is 2.45. The van der Waals surface area contributed by atoms with E-state index in [2.05, 4.69) is 11.9 Å². The van der Waals surface area contributed by atoms with E-state index in [4.69, 9.17) is 9.52 Å². The highest BCUT2D eigenvalue weighted by molar-refractivity contribution is 5.85. The van der Waals surface area contributed by atoms with Crippen LogP contribution in [0.15, 0.2) is 4.42 Å².